The minimum absolute atomic E-state index is 0.211. The second-order valence-corrected chi connectivity index (χ2v) is 5.42. The van der Waals surface area contributed by atoms with Crippen LogP contribution in [0.15, 0.2) is 6.07 Å². The maximum atomic E-state index is 5.80. The van der Waals surface area contributed by atoms with E-state index in [2.05, 4.69) is 22.2 Å². The molecule has 1 fully saturated rings. The molecule has 1 aliphatic heterocycles. The number of nitrogens with two attached hydrogens (primary N) is 1. The number of nitrogens with zero attached hydrogens (tertiary/aromatic N) is 2. The fourth-order valence-electron chi connectivity index (χ4n) is 1.62. The van der Waals surface area contributed by atoms with Gasteiger partial charge < -0.3 is 11.1 Å². The molecule has 0 spiro atoms. The average molecular weight is 245 g/mol. The van der Waals surface area contributed by atoms with Crippen molar-refractivity contribution in [2.45, 2.75) is 24.6 Å². The van der Waals surface area contributed by atoms with Gasteiger partial charge in [-0.1, -0.05) is 18.5 Å². The van der Waals surface area contributed by atoms with E-state index >= 15 is 0 Å². The second-order valence-electron chi connectivity index (χ2n) is 3.55. The third-order valence-corrected chi connectivity index (χ3v) is 3.94. The first-order valence-electron chi connectivity index (χ1n) is 4.83. The predicted octanol–water partition coefficient (Wildman–Crippen LogP) is 2.02. The standard InChI is InChI=1S/C9H13ClN4S/c1-5-6(2-3-15-5)12-8-4-7(10)13-9(11)14-8/h4-6H,2-3H2,1H3,(H3,11,12,13,14). The van der Waals surface area contributed by atoms with Gasteiger partial charge in [0.2, 0.25) is 5.95 Å². The number of rotatable bonds is 2. The SMILES string of the molecule is CC1SCCC1Nc1cc(Cl)nc(N)n1. The molecule has 3 N–H and O–H groups in total. The first kappa shape index (κ1) is 10.8. The van der Waals surface area contributed by atoms with Crippen molar-refractivity contribution < 1.29 is 0 Å². The Balaban J connectivity index is 2.10. The van der Waals surface area contributed by atoms with Crippen LogP contribution in [-0.4, -0.2) is 27.0 Å². The summed E-state index contributed by atoms with van der Waals surface area (Å²) in [5.41, 5.74) is 5.52. The van der Waals surface area contributed by atoms with Gasteiger partial charge in [0.15, 0.2) is 0 Å². The first-order chi connectivity index (χ1) is 7.15. The molecule has 15 heavy (non-hydrogen) atoms. The predicted molar refractivity (Wildman–Crippen MR) is 65.4 cm³/mol. The molecule has 2 heterocycles. The van der Waals surface area contributed by atoms with Crippen LogP contribution in [0.1, 0.15) is 13.3 Å². The van der Waals surface area contributed by atoms with Gasteiger partial charge in [-0.25, -0.2) is 4.98 Å². The Morgan fingerprint density at radius 2 is 2.40 bits per heavy atom. The van der Waals surface area contributed by atoms with E-state index in [-0.39, 0.29) is 5.95 Å². The zero-order valence-electron chi connectivity index (χ0n) is 8.40. The highest BCUT2D eigenvalue weighted by Gasteiger charge is 2.24. The Labute approximate surface area is 98.0 Å². The normalized spacial score (nSPS) is 25.5. The summed E-state index contributed by atoms with van der Waals surface area (Å²) in [6.07, 6.45) is 1.15. The van der Waals surface area contributed by atoms with Crippen LogP contribution in [0.3, 0.4) is 0 Å². The summed E-state index contributed by atoms with van der Waals surface area (Å²) in [7, 11) is 0. The van der Waals surface area contributed by atoms with Crippen molar-refractivity contribution >= 4 is 35.1 Å². The van der Waals surface area contributed by atoms with E-state index < -0.39 is 0 Å². The van der Waals surface area contributed by atoms with E-state index in [0.29, 0.717) is 22.3 Å². The molecule has 2 rings (SSSR count). The largest absolute Gasteiger partial charge is 0.368 e. The van der Waals surface area contributed by atoms with Crippen LogP contribution in [0.5, 0.6) is 0 Å². The van der Waals surface area contributed by atoms with Crippen LogP contribution < -0.4 is 11.1 Å². The summed E-state index contributed by atoms with van der Waals surface area (Å²) >= 11 is 7.76. The summed E-state index contributed by atoms with van der Waals surface area (Å²) in [6.45, 7) is 2.21. The minimum atomic E-state index is 0.211. The quantitative estimate of drug-likeness (QED) is 0.780. The highest BCUT2D eigenvalue weighted by molar-refractivity contribution is 8.00. The number of nitrogens with one attached hydrogen (secondary N) is 1. The van der Waals surface area contributed by atoms with Gasteiger partial charge in [-0.15, -0.1) is 0 Å². The Kier molecular flexibility index (Phi) is 3.21. The molecule has 6 heteroatoms. The van der Waals surface area contributed by atoms with E-state index in [4.69, 9.17) is 17.3 Å². The van der Waals surface area contributed by atoms with Crippen LogP contribution in [0.2, 0.25) is 5.15 Å². The van der Waals surface area contributed by atoms with Crippen molar-refractivity contribution in [3.05, 3.63) is 11.2 Å². The number of hydrogen-bond acceptors (Lipinski definition) is 5. The molecule has 82 valence electrons. The second kappa shape index (κ2) is 4.45. The topological polar surface area (TPSA) is 63.8 Å². The molecule has 2 unspecified atom stereocenters. The Morgan fingerprint density at radius 3 is 3.00 bits per heavy atom. The van der Waals surface area contributed by atoms with Crippen LogP contribution in [0.4, 0.5) is 11.8 Å². The molecule has 0 aromatic carbocycles. The summed E-state index contributed by atoms with van der Waals surface area (Å²) in [6, 6.07) is 2.15. The molecule has 1 aliphatic rings. The van der Waals surface area contributed by atoms with E-state index in [1.54, 1.807) is 6.07 Å². The van der Waals surface area contributed by atoms with Crippen LogP contribution in [-0.2, 0) is 0 Å². The van der Waals surface area contributed by atoms with Crippen LogP contribution in [0.25, 0.3) is 0 Å². The van der Waals surface area contributed by atoms with Gasteiger partial charge in [-0.3, -0.25) is 0 Å². The van der Waals surface area contributed by atoms with Crippen LogP contribution in [0, 0.1) is 0 Å². The van der Waals surface area contributed by atoms with Gasteiger partial charge in [0.05, 0.1) is 0 Å². The van der Waals surface area contributed by atoms with Gasteiger partial charge in [0, 0.05) is 17.4 Å². The Bertz CT molecular complexity index is 340. The number of aromatic nitrogens is 2. The molecule has 1 aromatic heterocycles. The average Bonchev–Trinajstić information content (AvgIpc) is 2.50. The molecule has 1 saturated heterocycles. The van der Waals surface area contributed by atoms with E-state index in [1.807, 2.05) is 11.8 Å². The molecule has 4 nitrogen and oxygen atoms in total. The molecule has 0 amide bonds. The number of halogens is 1. The summed E-state index contributed by atoms with van der Waals surface area (Å²) in [5.74, 6) is 2.11. The van der Waals surface area contributed by atoms with Crippen molar-refractivity contribution in [1.29, 1.82) is 0 Å². The zero-order chi connectivity index (χ0) is 10.8. The van der Waals surface area contributed by atoms with Crippen molar-refractivity contribution in [2.24, 2.45) is 0 Å². The highest BCUT2D eigenvalue weighted by Crippen LogP contribution is 2.28. The molecule has 0 bridgehead atoms. The maximum Gasteiger partial charge on any atom is 0.223 e. The molecular weight excluding hydrogens is 232 g/mol. The van der Waals surface area contributed by atoms with E-state index in [9.17, 15) is 0 Å². The molecule has 2 atom stereocenters. The summed E-state index contributed by atoms with van der Waals surface area (Å²) in [5, 5.41) is 4.31. The van der Waals surface area contributed by atoms with Gasteiger partial charge in [-0.2, -0.15) is 16.7 Å². The first-order valence-corrected chi connectivity index (χ1v) is 6.26. The Hall–Kier alpha value is -0.680. The lowest BCUT2D eigenvalue weighted by Crippen LogP contribution is -2.25. The molecular formula is C9H13ClN4S. The van der Waals surface area contributed by atoms with Crippen molar-refractivity contribution in [2.75, 3.05) is 16.8 Å². The smallest absolute Gasteiger partial charge is 0.223 e. The van der Waals surface area contributed by atoms with Crippen molar-refractivity contribution in [3.8, 4) is 0 Å². The third kappa shape index (κ3) is 2.66. The molecule has 0 aliphatic carbocycles. The van der Waals surface area contributed by atoms with E-state index in [0.717, 1.165) is 6.42 Å². The Morgan fingerprint density at radius 1 is 1.60 bits per heavy atom. The van der Waals surface area contributed by atoms with Crippen LogP contribution >= 0.6 is 23.4 Å². The maximum absolute atomic E-state index is 5.80. The fraction of sp³-hybridized carbons (Fsp3) is 0.556. The lowest BCUT2D eigenvalue weighted by molar-refractivity contribution is 0.720. The van der Waals surface area contributed by atoms with Gasteiger partial charge in [-0.05, 0) is 12.2 Å². The number of hydrogen-bond donors (Lipinski definition) is 2. The number of thioether (sulfide) groups is 1. The summed E-state index contributed by atoms with van der Waals surface area (Å²) < 4.78 is 0. The van der Waals surface area contributed by atoms with Gasteiger partial charge in [0.25, 0.3) is 0 Å². The third-order valence-electron chi connectivity index (χ3n) is 2.42. The molecule has 1 aromatic rings. The minimum Gasteiger partial charge on any atom is -0.368 e. The van der Waals surface area contributed by atoms with Gasteiger partial charge >= 0.3 is 0 Å². The lowest BCUT2D eigenvalue weighted by atomic mass is 10.2. The highest BCUT2D eigenvalue weighted by atomic mass is 35.5. The van der Waals surface area contributed by atoms with Gasteiger partial charge in [0.1, 0.15) is 11.0 Å². The van der Waals surface area contributed by atoms with Crippen molar-refractivity contribution in [1.82, 2.24) is 9.97 Å². The molecule has 0 radical (unpaired) electrons. The summed E-state index contributed by atoms with van der Waals surface area (Å²) in [4.78, 5) is 7.91. The van der Waals surface area contributed by atoms with E-state index in [1.165, 1.54) is 5.75 Å². The lowest BCUT2D eigenvalue weighted by Gasteiger charge is -2.17. The monoisotopic (exact) mass is 244 g/mol. The van der Waals surface area contributed by atoms with Crippen molar-refractivity contribution in [3.63, 3.8) is 0 Å². The molecule has 0 saturated carbocycles. The zero-order valence-corrected chi connectivity index (χ0v) is 9.98. The number of anilines is 2. The fourth-order valence-corrected chi connectivity index (χ4v) is 3.01. The number of nitrogen functional groups attached to an aromatic ring is 1.